The van der Waals surface area contributed by atoms with Crippen molar-refractivity contribution in [2.45, 2.75) is 43.0 Å². The molecule has 2 saturated heterocycles. The highest BCUT2D eigenvalue weighted by atomic mass is 32.2. The van der Waals surface area contributed by atoms with E-state index in [1.54, 1.807) is 18.2 Å². The molecule has 2 fully saturated rings. The predicted molar refractivity (Wildman–Crippen MR) is 185 cm³/mol. The zero-order valence-corrected chi connectivity index (χ0v) is 28.0. The van der Waals surface area contributed by atoms with Crippen molar-refractivity contribution in [1.29, 1.82) is 0 Å². The van der Waals surface area contributed by atoms with Crippen molar-refractivity contribution in [3.63, 3.8) is 0 Å². The van der Waals surface area contributed by atoms with Crippen molar-refractivity contribution in [2.24, 2.45) is 0 Å². The predicted octanol–water partition coefficient (Wildman–Crippen LogP) is 3.25. The first-order valence-corrected chi connectivity index (χ1v) is 18.2. The van der Waals surface area contributed by atoms with Gasteiger partial charge in [-0.3, -0.25) is 9.59 Å². The molecular formula is C35H40N3O7PS. The van der Waals surface area contributed by atoms with Crippen molar-refractivity contribution in [3.8, 4) is 0 Å². The van der Waals surface area contributed by atoms with Crippen LogP contribution < -0.4 is 31.9 Å². The molecule has 0 unspecified atom stereocenters. The summed E-state index contributed by atoms with van der Waals surface area (Å²) >= 11 is 1.87. The van der Waals surface area contributed by atoms with Gasteiger partial charge in [0, 0.05) is 34.8 Å². The lowest BCUT2D eigenvalue weighted by atomic mass is 10.0. The maximum Gasteiger partial charge on any atom is 0.338 e. The molecule has 2 aliphatic heterocycles. The van der Waals surface area contributed by atoms with Crippen molar-refractivity contribution in [3.05, 3.63) is 90.0 Å². The number of ether oxygens (including phenoxy) is 3. The molecule has 0 radical (unpaired) electrons. The molecule has 10 nitrogen and oxygen atoms in total. The molecule has 3 N–H and O–H groups in total. The van der Waals surface area contributed by atoms with E-state index in [9.17, 15) is 19.2 Å². The van der Waals surface area contributed by atoms with Crippen LogP contribution in [0.3, 0.4) is 0 Å². The largest absolute Gasteiger partial charge is 0.465 e. The third-order valence-corrected chi connectivity index (χ3v) is 12.0. The molecule has 47 heavy (non-hydrogen) atoms. The first-order valence-electron chi connectivity index (χ1n) is 15.8. The molecule has 3 atom stereocenters. The van der Waals surface area contributed by atoms with Crippen LogP contribution in [0.4, 0.5) is 4.79 Å². The smallest absolute Gasteiger partial charge is 0.338 e. The van der Waals surface area contributed by atoms with Crippen LogP contribution >= 0.6 is 19.7 Å². The Hall–Kier alpha value is -3.92. The first kappa shape index (κ1) is 34.4. The number of carbonyl (C=O) groups excluding carboxylic acids is 4. The van der Waals surface area contributed by atoms with Gasteiger partial charge in [0.2, 0.25) is 0 Å². The second kappa shape index (κ2) is 17.3. The van der Waals surface area contributed by atoms with E-state index in [0.717, 1.165) is 40.9 Å². The van der Waals surface area contributed by atoms with Crippen LogP contribution in [-0.4, -0.2) is 80.4 Å². The molecule has 3 amide bonds. The zero-order valence-electron chi connectivity index (χ0n) is 26.3. The quantitative estimate of drug-likeness (QED) is 0.0912. The first-order chi connectivity index (χ1) is 22.9. The number of esters is 2. The lowest BCUT2D eigenvalue weighted by Gasteiger charge is -2.22. The summed E-state index contributed by atoms with van der Waals surface area (Å²) in [5, 5.41) is 12.0. The second-order valence-electron chi connectivity index (χ2n) is 11.2. The molecule has 3 aromatic carbocycles. The number of hydrogen-bond acceptors (Lipinski definition) is 8. The normalized spacial score (nSPS) is 18.3. The van der Waals surface area contributed by atoms with Gasteiger partial charge in [-0.2, -0.15) is 11.8 Å². The van der Waals surface area contributed by atoms with Gasteiger partial charge in [-0.05, 0) is 49.6 Å². The van der Waals surface area contributed by atoms with Gasteiger partial charge in [-0.15, -0.1) is 0 Å². The number of carbonyl (C=O) groups is 4. The molecule has 2 aliphatic rings. The molecule has 2 heterocycles. The lowest BCUT2D eigenvalue weighted by molar-refractivity contribution is -0.145. The molecule has 0 spiro atoms. The molecule has 248 valence electrons. The van der Waals surface area contributed by atoms with Crippen LogP contribution in [0.2, 0.25) is 0 Å². The SMILES string of the molecule is COC(=O)c1ccc(C(=O)NCCOCCOC(=O)CCCC[C@@H]2SC[C@@H]3NC(=O)N[C@@H]32)cc1P(c1ccccc1)c1ccccc1. The Balaban J connectivity index is 1.05. The van der Waals surface area contributed by atoms with Crippen molar-refractivity contribution < 1.29 is 33.4 Å². The van der Waals surface area contributed by atoms with Crippen LogP contribution in [0.1, 0.15) is 46.4 Å². The zero-order chi connectivity index (χ0) is 33.0. The minimum atomic E-state index is -1.15. The highest BCUT2D eigenvalue weighted by Gasteiger charge is 2.42. The van der Waals surface area contributed by atoms with Gasteiger partial charge in [0.15, 0.2) is 0 Å². The van der Waals surface area contributed by atoms with E-state index < -0.39 is 13.9 Å². The third kappa shape index (κ3) is 9.34. The summed E-state index contributed by atoms with van der Waals surface area (Å²) < 4.78 is 15.9. The van der Waals surface area contributed by atoms with E-state index in [0.29, 0.717) is 22.8 Å². The van der Waals surface area contributed by atoms with Crippen LogP contribution in [0, 0.1) is 0 Å². The number of hydrogen-bond donors (Lipinski definition) is 3. The Morgan fingerprint density at radius 2 is 1.64 bits per heavy atom. The van der Waals surface area contributed by atoms with E-state index >= 15 is 0 Å². The molecule has 0 saturated carbocycles. The summed E-state index contributed by atoms with van der Waals surface area (Å²) in [6.07, 6.45) is 2.94. The molecule has 0 aliphatic carbocycles. The Kier molecular flexibility index (Phi) is 12.7. The van der Waals surface area contributed by atoms with Crippen molar-refractivity contribution in [1.82, 2.24) is 16.0 Å². The van der Waals surface area contributed by atoms with E-state index in [1.807, 2.05) is 72.4 Å². The monoisotopic (exact) mass is 677 g/mol. The topological polar surface area (TPSA) is 132 Å². The van der Waals surface area contributed by atoms with E-state index in [-0.39, 0.29) is 56.4 Å². The summed E-state index contributed by atoms with van der Waals surface area (Å²) in [6, 6.07) is 25.2. The minimum absolute atomic E-state index is 0.0868. The number of nitrogens with one attached hydrogen (secondary N) is 3. The minimum Gasteiger partial charge on any atom is -0.465 e. The summed E-state index contributed by atoms with van der Waals surface area (Å²) in [6.45, 7) is 0.897. The molecular weight excluding hydrogens is 637 g/mol. The Morgan fingerprint density at radius 3 is 2.34 bits per heavy atom. The van der Waals surface area contributed by atoms with Gasteiger partial charge in [0.1, 0.15) is 6.61 Å². The van der Waals surface area contributed by atoms with Gasteiger partial charge >= 0.3 is 18.0 Å². The molecule has 0 aromatic heterocycles. The third-order valence-electron chi connectivity index (χ3n) is 8.02. The number of fused-ring (bicyclic) bond motifs is 1. The number of thioether (sulfide) groups is 1. The molecule has 5 rings (SSSR count). The lowest BCUT2D eigenvalue weighted by Crippen LogP contribution is -2.36. The number of methoxy groups -OCH3 is 1. The number of rotatable bonds is 16. The Morgan fingerprint density at radius 1 is 0.915 bits per heavy atom. The second-order valence-corrected chi connectivity index (χ2v) is 14.6. The number of benzene rings is 3. The number of unbranched alkanes of at least 4 members (excludes halogenated alkanes) is 1. The van der Waals surface area contributed by atoms with Gasteiger partial charge in [0.25, 0.3) is 5.91 Å². The van der Waals surface area contributed by atoms with Crippen LogP contribution in [0.25, 0.3) is 0 Å². The average Bonchev–Trinajstić information content (AvgIpc) is 3.65. The maximum absolute atomic E-state index is 13.1. The van der Waals surface area contributed by atoms with Gasteiger partial charge in [-0.25, -0.2) is 9.59 Å². The summed E-state index contributed by atoms with van der Waals surface area (Å²) in [5.41, 5.74) is 0.847. The Bertz CT molecular complexity index is 1490. The number of amides is 3. The van der Waals surface area contributed by atoms with Gasteiger partial charge in [-0.1, -0.05) is 67.1 Å². The summed E-state index contributed by atoms with van der Waals surface area (Å²) in [7, 11) is 0.201. The summed E-state index contributed by atoms with van der Waals surface area (Å²) in [5.74, 6) is -0.0754. The highest BCUT2D eigenvalue weighted by Crippen LogP contribution is 2.35. The standard InChI is InChI=1S/C35H40N3O7PS/c1-43-34(41)27-17-16-24(22-29(27)46(25-10-4-2-5-11-25)26-12-6-3-7-13-26)33(40)36-18-19-44-20-21-45-31(39)15-9-8-14-30-32-28(23-47-30)37-35(42)38-32/h2-7,10-13,16-17,22,28,30,32H,8-9,14-15,18-21,23H2,1H3,(H,36,40)(H2,37,38,42)/t28-,30-,32-/m0/s1. The van der Waals surface area contributed by atoms with Crippen molar-refractivity contribution >= 4 is 59.5 Å². The number of urea groups is 1. The highest BCUT2D eigenvalue weighted by molar-refractivity contribution is 8.00. The van der Waals surface area contributed by atoms with Crippen LogP contribution in [0.5, 0.6) is 0 Å². The fourth-order valence-corrected chi connectivity index (χ4v) is 9.72. The van der Waals surface area contributed by atoms with Crippen LogP contribution in [-0.2, 0) is 19.0 Å². The van der Waals surface area contributed by atoms with Gasteiger partial charge < -0.3 is 30.2 Å². The van der Waals surface area contributed by atoms with E-state index in [1.165, 1.54) is 7.11 Å². The van der Waals surface area contributed by atoms with Crippen LogP contribution in [0.15, 0.2) is 78.9 Å². The van der Waals surface area contributed by atoms with Crippen molar-refractivity contribution in [2.75, 3.05) is 39.2 Å². The fourth-order valence-electron chi connectivity index (χ4n) is 5.71. The maximum atomic E-state index is 13.1. The average molecular weight is 678 g/mol. The fraction of sp³-hybridized carbons (Fsp3) is 0.371. The molecule has 3 aromatic rings. The van der Waals surface area contributed by atoms with Gasteiger partial charge in [0.05, 0.1) is 38.0 Å². The van der Waals surface area contributed by atoms with E-state index in [2.05, 4.69) is 16.0 Å². The summed E-state index contributed by atoms with van der Waals surface area (Å²) in [4.78, 5) is 49.6. The van der Waals surface area contributed by atoms with E-state index in [4.69, 9.17) is 14.2 Å². The molecule has 12 heteroatoms. The Labute approximate surface area is 280 Å². The molecule has 0 bridgehead atoms.